The summed E-state index contributed by atoms with van der Waals surface area (Å²) in [5, 5.41) is 16.4. The third-order valence-electron chi connectivity index (χ3n) is 4.50. The number of aromatic nitrogens is 1. The third kappa shape index (κ3) is 9.58. The number of carboxylic acid groups (broad SMARTS) is 1. The van der Waals surface area contributed by atoms with Gasteiger partial charge < -0.3 is 9.67 Å². The lowest BCUT2D eigenvalue weighted by atomic mass is 10.1. The minimum Gasteiger partial charge on any atom is -0.477 e. The molecule has 1 N–H and O–H groups in total. The van der Waals surface area contributed by atoms with Crippen molar-refractivity contribution in [3.8, 4) is 0 Å². The zero-order valence-electron chi connectivity index (χ0n) is 15.8. The van der Waals surface area contributed by atoms with Crippen LogP contribution >= 0.6 is 0 Å². The number of unbranched alkanes of at least 4 members (excludes halogenated alkanes) is 7. The van der Waals surface area contributed by atoms with Gasteiger partial charge in [-0.05, 0) is 55.3 Å². The monoisotopic (exact) mass is 375 g/mol. The Labute approximate surface area is 159 Å². The number of carbonyl (C=O) groups is 1. The van der Waals surface area contributed by atoms with Crippen molar-refractivity contribution in [2.24, 2.45) is 10.2 Å². The Morgan fingerprint density at radius 2 is 1.44 bits per heavy atom. The lowest BCUT2D eigenvalue weighted by Crippen LogP contribution is -2.11. The molecule has 0 saturated carbocycles. The maximum absolute atomic E-state index is 11.4. The standard InChI is InChI=1S/C18H29N7O2/c19-23-21-13-7-3-1-2-6-10-16-11-12-17(18(26)27)25(16)15-9-5-4-8-14-22-24-20/h11-12H,1-10,13-15H2,(H,26,27). The minimum absolute atomic E-state index is 0.355. The van der Waals surface area contributed by atoms with E-state index in [2.05, 4.69) is 20.1 Å². The lowest BCUT2D eigenvalue weighted by molar-refractivity contribution is 0.0684. The van der Waals surface area contributed by atoms with Gasteiger partial charge in [-0.1, -0.05) is 42.3 Å². The first-order chi connectivity index (χ1) is 13.2. The molecule has 0 aliphatic heterocycles. The average molecular weight is 375 g/mol. The van der Waals surface area contributed by atoms with E-state index >= 15 is 0 Å². The van der Waals surface area contributed by atoms with Gasteiger partial charge in [0.05, 0.1) is 0 Å². The Kier molecular flexibility index (Phi) is 12.1. The Hall–Kier alpha value is -2.63. The van der Waals surface area contributed by atoms with E-state index in [1.165, 1.54) is 0 Å². The number of azide groups is 2. The number of aromatic carboxylic acids is 1. The lowest BCUT2D eigenvalue weighted by Gasteiger charge is -2.12. The van der Waals surface area contributed by atoms with Gasteiger partial charge in [-0.3, -0.25) is 0 Å². The summed E-state index contributed by atoms with van der Waals surface area (Å²) in [6.45, 7) is 1.79. The van der Waals surface area contributed by atoms with Crippen LogP contribution < -0.4 is 0 Å². The molecule has 0 saturated heterocycles. The van der Waals surface area contributed by atoms with E-state index in [-0.39, 0.29) is 0 Å². The highest BCUT2D eigenvalue weighted by atomic mass is 16.4. The molecule has 0 unspecified atom stereocenters. The van der Waals surface area contributed by atoms with Gasteiger partial charge in [-0.15, -0.1) is 0 Å². The first-order valence-electron chi connectivity index (χ1n) is 9.64. The molecule has 0 spiro atoms. The Bertz CT molecular complexity index is 659. The van der Waals surface area contributed by atoms with Crippen LogP contribution in [0.15, 0.2) is 22.4 Å². The van der Waals surface area contributed by atoms with E-state index in [9.17, 15) is 9.90 Å². The van der Waals surface area contributed by atoms with E-state index in [1.54, 1.807) is 6.07 Å². The highest BCUT2D eigenvalue weighted by Gasteiger charge is 2.13. The van der Waals surface area contributed by atoms with Crippen molar-refractivity contribution in [2.45, 2.75) is 70.8 Å². The number of nitrogens with zero attached hydrogens (tertiary/aromatic N) is 7. The van der Waals surface area contributed by atoms with Gasteiger partial charge in [-0.25, -0.2) is 4.79 Å². The molecule has 0 bridgehead atoms. The molecule has 0 fully saturated rings. The van der Waals surface area contributed by atoms with Crippen molar-refractivity contribution in [3.05, 3.63) is 44.4 Å². The van der Waals surface area contributed by atoms with E-state index in [0.29, 0.717) is 25.3 Å². The smallest absolute Gasteiger partial charge is 0.352 e. The Morgan fingerprint density at radius 1 is 0.889 bits per heavy atom. The van der Waals surface area contributed by atoms with Crippen LogP contribution in [0.4, 0.5) is 0 Å². The fraction of sp³-hybridized carbons (Fsp3) is 0.722. The number of hydrogen-bond donors (Lipinski definition) is 1. The van der Waals surface area contributed by atoms with Gasteiger partial charge in [-0.2, -0.15) is 0 Å². The van der Waals surface area contributed by atoms with Crippen LogP contribution in [-0.2, 0) is 13.0 Å². The molecule has 0 aliphatic carbocycles. The molecule has 9 heteroatoms. The van der Waals surface area contributed by atoms with Gasteiger partial charge in [0, 0.05) is 35.2 Å². The van der Waals surface area contributed by atoms with Crippen molar-refractivity contribution in [3.63, 3.8) is 0 Å². The van der Waals surface area contributed by atoms with Crippen molar-refractivity contribution in [2.75, 3.05) is 13.1 Å². The molecule has 1 aromatic rings. The molecule has 1 rings (SSSR count). The van der Waals surface area contributed by atoms with E-state index in [4.69, 9.17) is 11.1 Å². The van der Waals surface area contributed by atoms with Gasteiger partial charge in [0.2, 0.25) is 0 Å². The molecule has 1 aromatic heterocycles. The molecule has 0 aromatic carbocycles. The highest BCUT2D eigenvalue weighted by molar-refractivity contribution is 5.86. The van der Waals surface area contributed by atoms with Gasteiger partial charge in [0.15, 0.2) is 0 Å². The fourth-order valence-electron chi connectivity index (χ4n) is 3.09. The second kappa shape index (κ2) is 14.5. The zero-order chi connectivity index (χ0) is 19.7. The summed E-state index contributed by atoms with van der Waals surface area (Å²) in [7, 11) is 0. The first-order valence-corrected chi connectivity index (χ1v) is 9.64. The predicted octanol–water partition coefficient (Wildman–Crippen LogP) is 5.86. The molecule has 27 heavy (non-hydrogen) atoms. The first kappa shape index (κ1) is 22.4. The van der Waals surface area contributed by atoms with E-state index in [0.717, 1.165) is 69.9 Å². The molecule has 0 amide bonds. The maximum atomic E-state index is 11.4. The van der Waals surface area contributed by atoms with E-state index < -0.39 is 5.97 Å². The van der Waals surface area contributed by atoms with Crippen molar-refractivity contribution in [1.82, 2.24) is 4.57 Å². The summed E-state index contributed by atoms with van der Waals surface area (Å²) in [6, 6.07) is 3.62. The van der Waals surface area contributed by atoms with E-state index in [1.807, 2.05) is 10.6 Å². The summed E-state index contributed by atoms with van der Waals surface area (Å²) in [6.07, 6.45) is 9.81. The Balaban J connectivity index is 2.37. The third-order valence-corrected chi connectivity index (χ3v) is 4.50. The normalized spacial score (nSPS) is 10.2. The molecule has 148 valence electrons. The number of aryl methyl sites for hydroxylation is 1. The maximum Gasteiger partial charge on any atom is 0.352 e. The number of carboxylic acids is 1. The SMILES string of the molecule is [N-]=[N+]=NCCCCCCCc1ccc(C(=O)O)n1CCCCCCN=[N+]=[N-]. The summed E-state index contributed by atoms with van der Waals surface area (Å²) in [5.74, 6) is -0.886. The molecular formula is C18H29N7O2. The summed E-state index contributed by atoms with van der Waals surface area (Å²) in [4.78, 5) is 16.9. The van der Waals surface area contributed by atoms with Gasteiger partial charge >= 0.3 is 5.97 Å². The van der Waals surface area contributed by atoms with Crippen LogP contribution in [0, 0.1) is 0 Å². The van der Waals surface area contributed by atoms with Crippen molar-refractivity contribution < 1.29 is 9.90 Å². The van der Waals surface area contributed by atoms with Crippen LogP contribution in [0.2, 0.25) is 0 Å². The molecular weight excluding hydrogens is 346 g/mol. The largest absolute Gasteiger partial charge is 0.477 e. The second-order valence-electron chi connectivity index (χ2n) is 6.51. The topological polar surface area (TPSA) is 140 Å². The summed E-state index contributed by atoms with van der Waals surface area (Å²) in [5.41, 5.74) is 17.9. The second-order valence-corrected chi connectivity index (χ2v) is 6.51. The van der Waals surface area contributed by atoms with Crippen LogP contribution in [0.1, 0.15) is 74.0 Å². The molecule has 0 atom stereocenters. The molecule has 0 radical (unpaired) electrons. The van der Waals surface area contributed by atoms with Crippen LogP contribution in [0.25, 0.3) is 20.9 Å². The summed E-state index contributed by atoms with van der Waals surface area (Å²) < 4.78 is 1.93. The summed E-state index contributed by atoms with van der Waals surface area (Å²) >= 11 is 0. The minimum atomic E-state index is -0.886. The van der Waals surface area contributed by atoms with Crippen LogP contribution in [-0.4, -0.2) is 28.7 Å². The van der Waals surface area contributed by atoms with Gasteiger partial charge in [0.25, 0.3) is 0 Å². The van der Waals surface area contributed by atoms with Crippen LogP contribution in [0.3, 0.4) is 0 Å². The molecule has 1 heterocycles. The van der Waals surface area contributed by atoms with Crippen molar-refractivity contribution >= 4 is 5.97 Å². The zero-order valence-corrected chi connectivity index (χ0v) is 15.8. The van der Waals surface area contributed by atoms with Crippen molar-refractivity contribution in [1.29, 1.82) is 0 Å². The number of rotatable bonds is 16. The molecule has 0 aliphatic rings. The molecule has 9 nitrogen and oxygen atoms in total. The Morgan fingerprint density at radius 3 is 2.04 bits per heavy atom. The fourth-order valence-corrected chi connectivity index (χ4v) is 3.09. The highest BCUT2D eigenvalue weighted by Crippen LogP contribution is 2.16. The predicted molar refractivity (Wildman–Crippen MR) is 105 cm³/mol. The van der Waals surface area contributed by atoms with Crippen LogP contribution in [0.5, 0.6) is 0 Å². The number of hydrogen-bond acceptors (Lipinski definition) is 3. The van der Waals surface area contributed by atoms with Gasteiger partial charge in [0.1, 0.15) is 5.69 Å². The average Bonchev–Trinajstić information content (AvgIpc) is 3.06. The quantitative estimate of drug-likeness (QED) is 0.167.